The van der Waals surface area contributed by atoms with Gasteiger partial charge in [-0.05, 0) is 24.3 Å². The van der Waals surface area contributed by atoms with E-state index in [1.54, 1.807) is 36.4 Å². The second-order valence-electron chi connectivity index (χ2n) is 6.69. The van der Waals surface area contributed by atoms with Gasteiger partial charge in [0.25, 0.3) is 5.91 Å². The summed E-state index contributed by atoms with van der Waals surface area (Å²) in [4.78, 5) is 37.9. The average molecular weight is 396 g/mol. The molecule has 3 aromatic rings. The maximum Gasteiger partial charge on any atom is 0.360 e. The van der Waals surface area contributed by atoms with Crippen LogP contribution in [0.2, 0.25) is 0 Å². The molecule has 0 atom stereocenters. The highest BCUT2D eigenvalue weighted by Crippen LogP contribution is 2.20. The van der Waals surface area contributed by atoms with Crippen LogP contribution in [0.1, 0.15) is 0 Å². The highest BCUT2D eigenvalue weighted by Gasteiger charge is 2.36. The van der Waals surface area contributed by atoms with Gasteiger partial charge < -0.3 is 19.4 Å². The van der Waals surface area contributed by atoms with E-state index in [0.717, 1.165) is 0 Å². The first-order chi connectivity index (χ1) is 14.0. The van der Waals surface area contributed by atoms with Crippen molar-refractivity contribution in [2.45, 2.75) is 0 Å². The largest absolute Gasteiger partial charge is 0.481 e. The summed E-state index contributed by atoms with van der Waals surface area (Å²) in [5.74, 6) is -1.71. The van der Waals surface area contributed by atoms with E-state index in [9.17, 15) is 18.8 Å². The summed E-state index contributed by atoms with van der Waals surface area (Å²) < 4.78 is 23.9. The van der Waals surface area contributed by atoms with E-state index in [-0.39, 0.29) is 42.9 Å². The Bertz CT molecular complexity index is 1140. The van der Waals surface area contributed by atoms with Crippen molar-refractivity contribution in [3.63, 3.8) is 0 Å². The van der Waals surface area contributed by atoms with Gasteiger partial charge in [-0.15, -0.1) is 0 Å². The number of ether oxygens (including phenoxy) is 1. The number of para-hydroxylation sites is 2. The van der Waals surface area contributed by atoms with Crippen molar-refractivity contribution in [2.24, 2.45) is 5.92 Å². The fourth-order valence-electron chi connectivity index (χ4n) is 3.02. The van der Waals surface area contributed by atoms with Gasteiger partial charge in [-0.1, -0.05) is 30.3 Å². The number of rotatable bonds is 5. The standard InChI is InChI=1S/C21H17FN2O5/c22-15-6-2-4-8-18(15)28-12-19(25)24-10-14(11-24)20(26)23-16-9-13-5-1-3-7-17(13)29-21(16)27/h1-9,14H,10-12H2,(H,23,26). The zero-order valence-corrected chi connectivity index (χ0v) is 15.3. The molecule has 1 fully saturated rings. The maximum atomic E-state index is 13.5. The van der Waals surface area contributed by atoms with Gasteiger partial charge in [0.05, 0.1) is 5.92 Å². The monoisotopic (exact) mass is 396 g/mol. The molecule has 0 bridgehead atoms. The van der Waals surface area contributed by atoms with Crippen molar-refractivity contribution in [1.29, 1.82) is 0 Å². The third kappa shape index (κ3) is 3.96. The summed E-state index contributed by atoms with van der Waals surface area (Å²) in [6.45, 7) is 0.0813. The molecule has 1 saturated heterocycles. The summed E-state index contributed by atoms with van der Waals surface area (Å²) in [6, 6.07) is 14.4. The summed E-state index contributed by atoms with van der Waals surface area (Å²) in [7, 11) is 0. The first-order valence-corrected chi connectivity index (χ1v) is 9.00. The zero-order chi connectivity index (χ0) is 20.4. The van der Waals surface area contributed by atoms with E-state index < -0.39 is 17.4 Å². The van der Waals surface area contributed by atoms with Crippen LogP contribution in [0.25, 0.3) is 11.0 Å². The fraction of sp³-hybridized carbons (Fsp3) is 0.190. The molecule has 2 amide bonds. The number of fused-ring (bicyclic) bond motifs is 1. The van der Waals surface area contributed by atoms with Crippen LogP contribution in [-0.4, -0.2) is 36.4 Å². The lowest BCUT2D eigenvalue weighted by Gasteiger charge is -2.38. The van der Waals surface area contributed by atoms with Crippen LogP contribution in [0.5, 0.6) is 5.75 Å². The molecule has 7 nitrogen and oxygen atoms in total. The number of carbonyl (C=O) groups excluding carboxylic acids is 2. The number of halogens is 1. The number of benzene rings is 2. The van der Waals surface area contributed by atoms with Crippen molar-refractivity contribution in [3.05, 3.63) is 70.8 Å². The Morgan fingerprint density at radius 3 is 2.66 bits per heavy atom. The van der Waals surface area contributed by atoms with E-state index in [1.165, 1.54) is 23.1 Å². The Morgan fingerprint density at radius 2 is 1.86 bits per heavy atom. The van der Waals surface area contributed by atoms with Crippen LogP contribution in [0.15, 0.2) is 63.8 Å². The van der Waals surface area contributed by atoms with E-state index in [0.29, 0.717) is 11.0 Å². The molecular weight excluding hydrogens is 379 g/mol. The van der Waals surface area contributed by atoms with Crippen molar-refractivity contribution < 1.29 is 23.1 Å². The van der Waals surface area contributed by atoms with Crippen LogP contribution in [0, 0.1) is 11.7 Å². The third-order valence-corrected chi connectivity index (χ3v) is 4.69. The topological polar surface area (TPSA) is 88.9 Å². The van der Waals surface area contributed by atoms with Gasteiger partial charge in [0.1, 0.15) is 11.3 Å². The third-order valence-electron chi connectivity index (χ3n) is 4.69. The Morgan fingerprint density at radius 1 is 1.14 bits per heavy atom. The molecule has 1 aliphatic heterocycles. The minimum Gasteiger partial charge on any atom is -0.481 e. The number of hydrogen-bond donors (Lipinski definition) is 1. The molecule has 0 radical (unpaired) electrons. The molecule has 1 aromatic heterocycles. The smallest absolute Gasteiger partial charge is 0.360 e. The molecule has 1 aliphatic rings. The molecule has 2 aromatic carbocycles. The van der Waals surface area contributed by atoms with Crippen molar-refractivity contribution in [1.82, 2.24) is 4.90 Å². The van der Waals surface area contributed by atoms with Crippen molar-refractivity contribution in [2.75, 3.05) is 25.0 Å². The van der Waals surface area contributed by atoms with Gasteiger partial charge in [-0.2, -0.15) is 0 Å². The number of nitrogens with zero attached hydrogens (tertiary/aromatic N) is 1. The molecule has 0 unspecified atom stereocenters. The Labute approximate surface area is 164 Å². The molecule has 29 heavy (non-hydrogen) atoms. The Balaban J connectivity index is 1.31. The van der Waals surface area contributed by atoms with Gasteiger partial charge >= 0.3 is 5.63 Å². The quantitative estimate of drug-likeness (QED) is 0.669. The summed E-state index contributed by atoms with van der Waals surface area (Å²) in [5.41, 5.74) is -0.144. The number of amides is 2. The minimum absolute atomic E-state index is 0.00121. The van der Waals surface area contributed by atoms with Crippen LogP contribution < -0.4 is 15.7 Å². The van der Waals surface area contributed by atoms with E-state index >= 15 is 0 Å². The first-order valence-electron chi connectivity index (χ1n) is 9.00. The van der Waals surface area contributed by atoms with Crippen molar-refractivity contribution >= 4 is 28.5 Å². The number of carbonyl (C=O) groups is 2. The summed E-state index contributed by atoms with van der Waals surface area (Å²) in [6.07, 6.45) is 0. The highest BCUT2D eigenvalue weighted by molar-refractivity contribution is 5.96. The first kappa shape index (κ1) is 18.7. The molecule has 0 spiro atoms. The van der Waals surface area contributed by atoms with Crippen LogP contribution >= 0.6 is 0 Å². The zero-order valence-electron chi connectivity index (χ0n) is 15.3. The molecule has 1 N–H and O–H groups in total. The van der Waals surface area contributed by atoms with Gasteiger partial charge in [-0.25, -0.2) is 9.18 Å². The minimum atomic E-state index is -0.636. The van der Waals surface area contributed by atoms with Gasteiger partial charge in [0.15, 0.2) is 18.2 Å². The predicted octanol–water partition coefficient (Wildman–Crippen LogP) is 2.41. The van der Waals surface area contributed by atoms with Crippen LogP contribution in [0.4, 0.5) is 10.1 Å². The van der Waals surface area contributed by atoms with Crippen LogP contribution in [-0.2, 0) is 9.59 Å². The predicted molar refractivity (Wildman–Crippen MR) is 103 cm³/mol. The van der Waals surface area contributed by atoms with Crippen molar-refractivity contribution in [3.8, 4) is 5.75 Å². The summed E-state index contributed by atoms with van der Waals surface area (Å²) >= 11 is 0. The van der Waals surface area contributed by atoms with Crippen LogP contribution in [0.3, 0.4) is 0 Å². The number of hydrogen-bond acceptors (Lipinski definition) is 5. The second-order valence-corrected chi connectivity index (χ2v) is 6.69. The molecular formula is C21H17FN2O5. The molecule has 4 rings (SSSR count). The molecule has 2 heterocycles. The Kier molecular flexibility index (Phi) is 4.99. The lowest BCUT2D eigenvalue weighted by Crippen LogP contribution is -2.55. The molecule has 148 valence electrons. The second kappa shape index (κ2) is 7.75. The fourth-order valence-corrected chi connectivity index (χ4v) is 3.02. The van der Waals surface area contributed by atoms with E-state index in [2.05, 4.69) is 5.32 Å². The van der Waals surface area contributed by atoms with Gasteiger partial charge in [-0.3, -0.25) is 9.59 Å². The van der Waals surface area contributed by atoms with E-state index in [1.807, 2.05) is 0 Å². The SMILES string of the molecule is O=C(Nc1cc2ccccc2oc1=O)C1CN(C(=O)COc2ccccc2F)C1. The number of nitrogens with one attached hydrogen (secondary N) is 1. The lowest BCUT2D eigenvalue weighted by atomic mass is 9.99. The number of likely N-dealkylation sites (tertiary alicyclic amines) is 1. The highest BCUT2D eigenvalue weighted by atomic mass is 19.1. The van der Waals surface area contributed by atoms with Gasteiger partial charge in [0, 0.05) is 18.5 Å². The summed E-state index contributed by atoms with van der Waals surface area (Å²) in [5, 5.41) is 3.26. The molecule has 8 heteroatoms. The van der Waals surface area contributed by atoms with E-state index in [4.69, 9.17) is 9.15 Å². The normalized spacial score (nSPS) is 13.8. The molecule has 0 saturated carbocycles. The van der Waals surface area contributed by atoms with Gasteiger partial charge in [0.2, 0.25) is 5.91 Å². The number of anilines is 1. The maximum absolute atomic E-state index is 13.5. The Hall–Kier alpha value is -3.68. The molecule has 0 aliphatic carbocycles. The lowest BCUT2D eigenvalue weighted by molar-refractivity contribution is -0.143. The average Bonchev–Trinajstić information content (AvgIpc) is 2.67.